The second-order valence-corrected chi connectivity index (χ2v) is 23.9. The highest BCUT2D eigenvalue weighted by Crippen LogP contribution is 2.55. The maximum atomic E-state index is 12.5. The molecule has 8 heteroatoms. The number of hydrogen-bond donors (Lipinski definition) is 8. The summed E-state index contributed by atoms with van der Waals surface area (Å²) in [6, 6.07) is 37.1. The molecule has 80 heavy (non-hydrogen) atoms. The van der Waals surface area contributed by atoms with Crippen molar-refractivity contribution in [3.63, 3.8) is 0 Å². The molecule has 0 amide bonds. The second-order valence-electron chi connectivity index (χ2n) is 23.9. The van der Waals surface area contributed by atoms with Gasteiger partial charge in [0.15, 0.2) is 0 Å². The van der Waals surface area contributed by atoms with E-state index in [1.54, 1.807) is 24.3 Å². The molecule has 8 bridgehead atoms. The van der Waals surface area contributed by atoms with Gasteiger partial charge in [0, 0.05) is 92.4 Å². The van der Waals surface area contributed by atoms with Gasteiger partial charge >= 0.3 is 0 Å². The van der Waals surface area contributed by atoms with Crippen molar-refractivity contribution in [1.82, 2.24) is 0 Å². The minimum atomic E-state index is -0.907. The molecule has 11 rings (SSSR count). The Bertz CT molecular complexity index is 3430. The Morgan fingerprint density at radius 1 is 0.375 bits per heavy atom. The molecule has 7 aromatic carbocycles. The number of phenolic OH excluding ortho intramolecular Hbond substituents is 8. The van der Waals surface area contributed by atoms with Gasteiger partial charge in [-0.3, -0.25) is 0 Å². The van der Waals surface area contributed by atoms with Crippen LogP contribution in [0.4, 0.5) is 0 Å². The number of aromatic hydroxyl groups is 8. The SMILES string of the molecule is CCC(C)c1ccc(C2c3cc(c(O)cc3O)C(C3=CCC(C4CCCCC4)C=C3)c3cc(c(O)cc3O)C(c3ccc(C4CCCCC4)cc3)c3cc(c(O)cc3O)C(c3ccc(C(C)CC)cc3)c3cc2c(O)cc3O)cc1. The van der Waals surface area contributed by atoms with Crippen LogP contribution in [0.1, 0.15) is 230 Å². The predicted octanol–water partition coefficient (Wildman–Crippen LogP) is 17.5. The Balaban J connectivity index is 1.23. The van der Waals surface area contributed by atoms with Gasteiger partial charge in [-0.1, -0.05) is 157 Å². The third-order valence-electron chi connectivity index (χ3n) is 19.2. The molecule has 4 aliphatic rings. The Kier molecular flexibility index (Phi) is 15.6. The highest BCUT2D eigenvalue weighted by molar-refractivity contribution is 5.68. The van der Waals surface area contributed by atoms with Crippen LogP contribution < -0.4 is 0 Å². The summed E-state index contributed by atoms with van der Waals surface area (Å²) >= 11 is 0. The first-order valence-electron chi connectivity index (χ1n) is 29.6. The van der Waals surface area contributed by atoms with Gasteiger partial charge in [-0.25, -0.2) is 0 Å². The summed E-state index contributed by atoms with van der Waals surface area (Å²) in [5.41, 5.74) is 9.35. The minimum absolute atomic E-state index is 0.212. The van der Waals surface area contributed by atoms with Crippen LogP contribution in [0.25, 0.3) is 0 Å². The van der Waals surface area contributed by atoms with Crippen LogP contribution in [0.15, 0.2) is 145 Å². The number of rotatable bonds is 10. The maximum Gasteiger partial charge on any atom is 0.123 e. The lowest BCUT2D eigenvalue weighted by atomic mass is 9.72. The molecule has 0 radical (unpaired) electrons. The molecule has 414 valence electrons. The van der Waals surface area contributed by atoms with Crippen molar-refractivity contribution in [2.75, 3.05) is 0 Å². The Morgan fingerprint density at radius 3 is 1.01 bits per heavy atom. The van der Waals surface area contributed by atoms with Crippen LogP contribution in [-0.2, 0) is 0 Å². The molecule has 2 fully saturated rings. The first kappa shape index (κ1) is 54.4. The monoisotopic (exact) mass is 1070 g/mol. The maximum absolute atomic E-state index is 12.5. The van der Waals surface area contributed by atoms with E-state index < -0.39 is 23.7 Å². The molecule has 7 aromatic rings. The topological polar surface area (TPSA) is 162 Å². The van der Waals surface area contributed by atoms with E-state index in [9.17, 15) is 40.9 Å². The summed E-state index contributed by atoms with van der Waals surface area (Å²) < 4.78 is 0. The largest absolute Gasteiger partial charge is 0.507 e. The molecular weight excluding hydrogens is 993 g/mol. The second kappa shape index (κ2) is 22.9. The van der Waals surface area contributed by atoms with Crippen molar-refractivity contribution in [2.45, 2.75) is 153 Å². The summed E-state index contributed by atoms with van der Waals surface area (Å²) in [6.45, 7) is 8.62. The zero-order valence-corrected chi connectivity index (χ0v) is 46.7. The van der Waals surface area contributed by atoms with Crippen molar-refractivity contribution >= 4 is 0 Å². The number of allylic oxidation sites excluding steroid dienone is 4. The summed E-state index contributed by atoms with van der Waals surface area (Å²) in [6.07, 6.45) is 20.9. The van der Waals surface area contributed by atoms with E-state index in [0.29, 0.717) is 67.8 Å². The predicted molar refractivity (Wildman–Crippen MR) is 318 cm³/mol. The van der Waals surface area contributed by atoms with E-state index >= 15 is 0 Å². The summed E-state index contributed by atoms with van der Waals surface area (Å²) in [5.74, 6) is -3.57. The van der Waals surface area contributed by atoms with E-state index in [-0.39, 0.29) is 57.8 Å². The molecule has 8 N–H and O–H groups in total. The first-order chi connectivity index (χ1) is 38.7. The van der Waals surface area contributed by atoms with Crippen LogP contribution in [-0.4, -0.2) is 40.9 Å². The average molecular weight is 1070 g/mol. The normalized spacial score (nSPS) is 21.4. The lowest BCUT2D eigenvalue weighted by Crippen LogP contribution is -2.18. The molecule has 0 aliphatic heterocycles. The van der Waals surface area contributed by atoms with E-state index in [0.717, 1.165) is 72.8 Å². The number of fused-ring (bicyclic) bond motifs is 8. The number of hydrogen-bond acceptors (Lipinski definition) is 8. The fourth-order valence-electron chi connectivity index (χ4n) is 14.1. The van der Waals surface area contributed by atoms with Gasteiger partial charge in [0.2, 0.25) is 0 Å². The molecule has 0 heterocycles. The highest BCUT2D eigenvalue weighted by atomic mass is 16.3. The Hall–Kier alpha value is -7.58. The molecule has 8 nitrogen and oxygen atoms in total. The van der Waals surface area contributed by atoms with Crippen LogP contribution in [0.3, 0.4) is 0 Å². The van der Waals surface area contributed by atoms with E-state index in [4.69, 9.17) is 0 Å². The number of benzene rings is 7. The van der Waals surface area contributed by atoms with Gasteiger partial charge in [0.05, 0.1) is 0 Å². The van der Waals surface area contributed by atoms with Gasteiger partial charge in [-0.05, 0) is 138 Å². The van der Waals surface area contributed by atoms with Gasteiger partial charge in [-0.2, -0.15) is 0 Å². The Labute approximate surface area is 472 Å². The smallest absolute Gasteiger partial charge is 0.123 e. The van der Waals surface area contributed by atoms with Crippen molar-refractivity contribution in [3.8, 4) is 46.0 Å². The fourth-order valence-corrected chi connectivity index (χ4v) is 14.1. The van der Waals surface area contributed by atoms with Crippen molar-refractivity contribution in [2.24, 2.45) is 11.8 Å². The minimum Gasteiger partial charge on any atom is -0.507 e. The third kappa shape index (κ3) is 10.4. The molecule has 7 unspecified atom stereocenters. The van der Waals surface area contributed by atoms with Gasteiger partial charge < -0.3 is 40.9 Å². The molecular formula is C72H78O8. The van der Waals surface area contributed by atoms with Gasteiger partial charge in [0.25, 0.3) is 0 Å². The first-order valence-corrected chi connectivity index (χ1v) is 29.6. The van der Waals surface area contributed by atoms with Crippen molar-refractivity contribution < 1.29 is 40.9 Å². The summed E-state index contributed by atoms with van der Waals surface area (Å²) in [4.78, 5) is 0. The van der Waals surface area contributed by atoms with Crippen LogP contribution in [0.2, 0.25) is 0 Å². The van der Waals surface area contributed by atoms with Crippen LogP contribution >= 0.6 is 0 Å². The summed E-state index contributed by atoms with van der Waals surface area (Å²) in [7, 11) is 0. The molecule has 7 atom stereocenters. The Morgan fingerprint density at radius 2 is 0.688 bits per heavy atom. The lowest BCUT2D eigenvalue weighted by molar-refractivity contribution is 0.285. The van der Waals surface area contributed by atoms with E-state index in [2.05, 4.69) is 94.5 Å². The lowest BCUT2D eigenvalue weighted by Gasteiger charge is -2.32. The van der Waals surface area contributed by atoms with E-state index in [1.165, 1.54) is 68.4 Å². The molecule has 2 saturated carbocycles. The molecule has 4 aliphatic carbocycles. The third-order valence-corrected chi connectivity index (χ3v) is 19.2. The van der Waals surface area contributed by atoms with Crippen LogP contribution in [0, 0.1) is 11.8 Å². The van der Waals surface area contributed by atoms with Crippen molar-refractivity contribution in [3.05, 3.63) is 223 Å². The molecule has 0 saturated heterocycles. The van der Waals surface area contributed by atoms with E-state index in [1.807, 2.05) is 24.3 Å². The zero-order valence-electron chi connectivity index (χ0n) is 46.7. The molecule has 0 spiro atoms. The number of phenols is 8. The molecule has 0 aromatic heterocycles. The highest BCUT2D eigenvalue weighted by Gasteiger charge is 2.36. The van der Waals surface area contributed by atoms with Crippen molar-refractivity contribution in [1.29, 1.82) is 0 Å². The van der Waals surface area contributed by atoms with Gasteiger partial charge in [-0.15, -0.1) is 0 Å². The quantitative estimate of drug-likeness (QED) is 0.0672. The van der Waals surface area contributed by atoms with Crippen LogP contribution in [0.5, 0.6) is 46.0 Å². The summed E-state index contributed by atoms with van der Waals surface area (Å²) in [5, 5.41) is 99.4. The standard InChI is InChI=1S/C72H78O8/c1-5-41(3)43-17-25-49(26-18-43)69-53-33-54(62(74)37-61(53)73)70(50-27-19-44(20-28-50)42(4)6-2)56-35-58(66(78)39-64(56)76)72(52-31-23-48(24-32-52)46-15-11-8-12-16-46)60-36-59(67(79)40-68(60)80)71(57-34-55(69)63(75)38-65(57)77)51-29-21-47(22-30-51)45-13-9-7-10-14-45/h17-23,25-42,45-46,48,69-80H,5-16,24H2,1-4H3. The fraction of sp³-hybridized carbons (Fsp3) is 0.361. The zero-order chi connectivity index (χ0) is 55.9. The average Bonchev–Trinajstić information content (AvgIpc) is 3.62. The van der Waals surface area contributed by atoms with Gasteiger partial charge in [0.1, 0.15) is 46.0 Å².